The summed E-state index contributed by atoms with van der Waals surface area (Å²) in [7, 11) is -1.95. The van der Waals surface area contributed by atoms with E-state index in [4.69, 9.17) is 30.2 Å². The Labute approximate surface area is 194 Å². The number of anilines is 1. The van der Waals surface area contributed by atoms with Crippen LogP contribution in [-0.4, -0.2) is 56.9 Å². The average Bonchev–Trinajstić information content (AvgIpc) is 2.94. The monoisotopic (exact) mass is 485 g/mol. The van der Waals surface area contributed by atoms with Gasteiger partial charge in [0.25, 0.3) is 0 Å². The molecular formula is C21H32ClN3O4SSi. The second kappa shape index (κ2) is 9.39. The van der Waals surface area contributed by atoms with Crippen LogP contribution in [0.15, 0.2) is 14.4 Å². The minimum absolute atomic E-state index is 0.0613. The van der Waals surface area contributed by atoms with Gasteiger partial charge < -0.3 is 18.5 Å². The molecule has 0 amide bonds. The number of ether oxygens (including phenoxy) is 1. The summed E-state index contributed by atoms with van der Waals surface area (Å²) in [6, 6.07) is -0.0696. The normalized spacial score (nSPS) is 18.5. The Hall–Kier alpha value is -1.13. The second-order valence-corrected chi connectivity index (χ2v) is 15.3. The topological polar surface area (TPSA) is 77.7 Å². The molecule has 0 spiro atoms. The number of fused-ring (bicyclic) bond motifs is 1. The van der Waals surface area contributed by atoms with Crippen LogP contribution in [0.5, 0.6) is 0 Å². The second-order valence-electron chi connectivity index (χ2n) is 9.39. The quantitative estimate of drug-likeness (QED) is 0.336. The molecular weight excluding hydrogens is 454 g/mol. The summed E-state index contributed by atoms with van der Waals surface area (Å²) in [5.74, 6) is 0.567. The highest BCUT2D eigenvalue weighted by Crippen LogP contribution is 2.37. The van der Waals surface area contributed by atoms with Gasteiger partial charge in [0.05, 0.1) is 24.8 Å². The van der Waals surface area contributed by atoms with Crippen LogP contribution in [0.4, 0.5) is 5.82 Å². The molecule has 0 aliphatic carbocycles. The molecule has 1 atom stereocenters. The van der Waals surface area contributed by atoms with Crippen molar-refractivity contribution in [2.24, 2.45) is 0 Å². The zero-order valence-electron chi connectivity index (χ0n) is 19.4. The van der Waals surface area contributed by atoms with E-state index in [1.54, 1.807) is 6.92 Å². The van der Waals surface area contributed by atoms with Crippen molar-refractivity contribution in [2.45, 2.75) is 63.4 Å². The Kier molecular flexibility index (Phi) is 7.42. The first kappa shape index (κ1) is 24.5. The van der Waals surface area contributed by atoms with Crippen LogP contribution < -0.4 is 10.5 Å². The molecule has 31 heavy (non-hydrogen) atoms. The van der Waals surface area contributed by atoms with Crippen molar-refractivity contribution in [3.63, 3.8) is 0 Å². The fourth-order valence-electron chi connectivity index (χ4n) is 3.26. The Bertz CT molecular complexity index is 1010. The molecule has 3 heterocycles. The van der Waals surface area contributed by atoms with Gasteiger partial charge in [-0.15, -0.1) is 0 Å². The lowest BCUT2D eigenvalue weighted by Gasteiger charge is -2.39. The van der Waals surface area contributed by atoms with Crippen molar-refractivity contribution in [3.05, 3.63) is 21.2 Å². The molecule has 1 saturated heterocycles. The van der Waals surface area contributed by atoms with Crippen LogP contribution >= 0.6 is 23.4 Å². The van der Waals surface area contributed by atoms with E-state index in [1.807, 2.05) is 6.26 Å². The molecule has 1 aliphatic rings. The average molecular weight is 486 g/mol. The Balaban J connectivity index is 2.09. The maximum absolute atomic E-state index is 12.8. The zero-order valence-corrected chi connectivity index (χ0v) is 21.9. The lowest BCUT2D eigenvalue weighted by Crippen LogP contribution is -2.48. The first-order valence-corrected chi connectivity index (χ1v) is 15.0. The molecule has 172 valence electrons. The molecule has 1 fully saturated rings. The maximum Gasteiger partial charge on any atom is 0.350 e. The molecule has 3 rings (SSSR count). The van der Waals surface area contributed by atoms with Gasteiger partial charge in [-0.1, -0.05) is 32.5 Å². The van der Waals surface area contributed by atoms with Crippen LogP contribution in [0.1, 0.15) is 32.8 Å². The van der Waals surface area contributed by atoms with Crippen molar-refractivity contribution in [1.82, 2.24) is 9.97 Å². The summed E-state index contributed by atoms with van der Waals surface area (Å²) in [5, 5.41) is 1.11. The van der Waals surface area contributed by atoms with Gasteiger partial charge in [-0.05, 0) is 49.3 Å². The third-order valence-electron chi connectivity index (χ3n) is 6.24. The van der Waals surface area contributed by atoms with Crippen molar-refractivity contribution in [2.75, 3.05) is 37.5 Å². The molecule has 0 radical (unpaired) electrons. The minimum atomic E-state index is -1.95. The van der Waals surface area contributed by atoms with E-state index in [2.05, 4.69) is 43.7 Å². The number of hydrogen-bond acceptors (Lipinski definition) is 8. The largest absolute Gasteiger partial charge is 0.415 e. The third-order valence-corrected chi connectivity index (χ3v) is 11.7. The third kappa shape index (κ3) is 5.11. The van der Waals surface area contributed by atoms with Gasteiger partial charge >= 0.3 is 5.63 Å². The lowest BCUT2D eigenvalue weighted by molar-refractivity contribution is 0.116. The Morgan fingerprint density at radius 1 is 1.32 bits per heavy atom. The lowest BCUT2D eigenvalue weighted by atomic mass is 10.2. The van der Waals surface area contributed by atoms with Gasteiger partial charge in [-0.3, -0.25) is 0 Å². The number of hydrogen-bond donors (Lipinski definition) is 0. The minimum Gasteiger partial charge on any atom is -0.415 e. The number of thioether (sulfide) groups is 1. The summed E-state index contributed by atoms with van der Waals surface area (Å²) < 4.78 is 17.7. The highest BCUT2D eigenvalue weighted by molar-refractivity contribution is 7.98. The number of nitrogens with zero attached hydrogens (tertiary/aromatic N) is 3. The standard InChI is InChI=1S/C21H32ClN3O4SSi/c1-13-16-15(19(26)29-17(13)22)18(24-20(23-16)30-5)25-9-8-10-27-11-14(25)12-28-31(6,7)21(2,3)4/h14H,8-12H2,1-7H3/t14-/m1/s1. The van der Waals surface area contributed by atoms with E-state index in [0.717, 1.165) is 6.42 Å². The van der Waals surface area contributed by atoms with E-state index in [1.165, 1.54) is 11.8 Å². The molecule has 2 aromatic heterocycles. The fourth-order valence-corrected chi connectivity index (χ4v) is 4.82. The molecule has 0 bridgehead atoms. The van der Waals surface area contributed by atoms with Crippen molar-refractivity contribution < 1.29 is 13.6 Å². The van der Waals surface area contributed by atoms with E-state index >= 15 is 0 Å². The SMILES string of the molecule is CSc1nc(N2CCCOC[C@@H]2CO[Si](C)(C)C(C)(C)C)c2c(=O)oc(Cl)c(C)c2n1. The van der Waals surface area contributed by atoms with Gasteiger partial charge in [-0.2, -0.15) is 0 Å². The van der Waals surface area contributed by atoms with Gasteiger partial charge in [-0.25, -0.2) is 14.8 Å². The maximum atomic E-state index is 12.8. The Morgan fingerprint density at radius 3 is 2.68 bits per heavy atom. The summed E-state index contributed by atoms with van der Waals surface area (Å²) in [4.78, 5) is 24.3. The van der Waals surface area contributed by atoms with Crippen LogP contribution in [0.25, 0.3) is 10.9 Å². The molecule has 1 aliphatic heterocycles. The molecule has 0 unspecified atom stereocenters. The first-order valence-electron chi connectivity index (χ1n) is 10.5. The predicted molar refractivity (Wildman–Crippen MR) is 129 cm³/mol. The predicted octanol–water partition coefficient (Wildman–Crippen LogP) is 4.88. The molecule has 0 N–H and O–H groups in total. The van der Waals surface area contributed by atoms with Crippen molar-refractivity contribution >= 4 is 48.4 Å². The smallest absolute Gasteiger partial charge is 0.350 e. The van der Waals surface area contributed by atoms with Crippen LogP contribution in [-0.2, 0) is 9.16 Å². The molecule has 2 aromatic rings. The zero-order chi connectivity index (χ0) is 23.0. The summed E-state index contributed by atoms with van der Waals surface area (Å²) >= 11 is 7.57. The Morgan fingerprint density at radius 2 is 2.03 bits per heavy atom. The van der Waals surface area contributed by atoms with Crippen LogP contribution in [0.2, 0.25) is 23.4 Å². The van der Waals surface area contributed by atoms with E-state index in [9.17, 15) is 4.79 Å². The van der Waals surface area contributed by atoms with Crippen LogP contribution in [0.3, 0.4) is 0 Å². The fraction of sp³-hybridized carbons (Fsp3) is 0.667. The molecule has 0 saturated carbocycles. The number of halogens is 1. The first-order chi connectivity index (χ1) is 14.5. The summed E-state index contributed by atoms with van der Waals surface area (Å²) in [6.07, 6.45) is 2.74. The molecule has 7 nitrogen and oxygen atoms in total. The number of aromatic nitrogens is 2. The van der Waals surface area contributed by atoms with Crippen LogP contribution in [0, 0.1) is 6.92 Å². The van der Waals surface area contributed by atoms with Gasteiger partial charge in [0, 0.05) is 18.7 Å². The number of aryl methyl sites for hydroxylation is 1. The highest BCUT2D eigenvalue weighted by atomic mass is 35.5. The van der Waals surface area contributed by atoms with E-state index in [0.29, 0.717) is 53.8 Å². The highest BCUT2D eigenvalue weighted by Gasteiger charge is 2.38. The summed E-state index contributed by atoms with van der Waals surface area (Å²) in [5.41, 5.74) is 0.641. The van der Waals surface area contributed by atoms with Gasteiger partial charge in [0.15, 0.2) is 13.5 Å². The summed E-state index contributed by atoms with van der Waals surface area (Å²) in [6.45, 7) is 15.3. The van der Waals surface area contributed by atoms with Gasteiger partial charge in [0.1, 0.15) is 11.2 Å². The van der Waals surface area contributed by atoms with Crippen molar-refractivity contribution in [3.8, 4) is 0 Å². The van der Waals surface area contributed by atoms with Crippen molar-refractivity contribution in [1.29, 1.82) is 0 Å². The van der Waals surface area contributed by atoms with Gasteiger partial charge in [0.2, 0.25) is 5.22 Å². The molecule has 0 aromatic carbocycles. The van der Waals surface area contributed by atoms with E-state index in [-0.39, 0.29) is 16.3 Å². The molecule has 10 heteroatoms. The number of rotatable bonds is 5. The van der Waals surface area contributed by atoms with E-state index < -0.39 is 13.9 Å².